The van der Waals surface area contributed by atoms with Crippen molar-refractivity contribution in [2.45, 2.75) is 6.42 Å². The number of nitrogens with two attached hydrogens (primary N) is 1. The van der Waals surface area contributed by atoms with E-state index in [2.05, 4.69) is 0 Å². The summed E-state index contributed by atoms with van der Waals surface area (Å²) in [7, 11) is 0. The molecular formula is C5H6N2O. The van der Waals surface area contributed by atoms with E-state index in [9.17, 15) is 4.79 Å². The van der Waals surface area contributed by atoms with Gasteiger partial charge in [-0.15, -0.1) is 0 Å². The Kier molecular flexibility index (Phi) is 0.943. The lowest BCUT2D eigenvalue weighted by Gasteiger charge is -1.80. The van der Waals surface area contributed by atoms with E-state index in [-0.39, 0.29) is 17.7 Å². The van der Waals surface area contributed by atoms with Crippen LogP contribution in [0.25, 0.3) is 0 Å². The van der Waals surface area contributed by atoms with Crippen molar-refractivity contribution < 1.29 is 4.79 Å². The number of hydrogen-bond donors (Lipinski definition) is 1. The summed E-state index contributed by atoms with van der Waals surface area (Å²) in [6.45, 7) is 0. The number of nitriles is 1. The van der Waals surface area contributed by atoms with Gasteiger partial charge >= 0.3 is 0 Å². The molecule has 0 aromatic rings. The van der Waals surface area contributed by atoms with E-state index in [1.165, 1.54) is 0 Å². The van der Waals surface area contributed by atoms with Crippen LogP contribution in [0, 0.1) is 23.2 Å². The van der Waals surface area contributed by atoms with Gasteiger partial charge in [-0.3, -0.25) is 4.79 Å². The van der Waals surface area contributed by atoms with Gasteiger partial charge in [0.25, 0.3) is 0 Å². The molecule has 1 amide bonds. The molecule has 0 aliphatic heterocycles. The maximum atomic E-state index is 10.2. The Bertz CT molecular complexity index is 158. The van der Waals surface area contributed by atoms with Gasteiger partial charge in [-0.05, 0) is 6.42 Å². The van der Waals surface area contributed by atoms with Crippen molar-refractivity contribution >= 4 is 5.91 Å². The molecule has 2 atom stereocenters. The fourth-order valence-electron chi connectivity index (χ4n) is 0.652. The minimum Gasteiger partial charge on any atom is -0.369 e. The van der Waals surface area contributed by atoms with Gasteiger partial charge in [0.1, 0.15) is 0 Å². The van der Waals surface area contributed by atoms with E-state index >= 15 is 0 Å². The third-order valence-corrected chi connectivity index (χ3v) is 1.32. The predicted molar refractivity (Wildman–Crippen MR) is 26.4 cm³/mol. The van der Waals surface area contributed by atoms with Gasteiger partial charge in [0, 0.05) is 0 Å². The molecule has 0 unspecified atom stereocenters. The SMILES string of the molecule is N#C[C@@H]1C[C@H]1C(N)=O. The van der Waals surface area contributed by atoms with Gasteiger partial charge in [0.2, 0.25) is 5.91 Å². The molecule has 0 aromatic carbocycles. The maximum absolute atomic E-state index is 10.2. The Morgan fingerprint density at radius 2 is 2.50 bits per heavy atom. The fraction of sp³-hybridized carbons (Fsp3) is 0.600. The number of primary amides is 1. The van der Waals surface area contributed by atoms with Crippen LogP contribution in [0.3, 0.4) is 0 Å². The van der Waals surface area contributed by atoms with Crippen molar-refractivity contribution in [3.8, 4) is 6.07 Å². The zero-order chi connectivity index (χ0) is 6.15. The molecule has 3 nitrogen and oxygen atoms in total. The second-order valence-electron chi connectivity index (χ2n) is 1.98. The molecule has 0 saturated heterocycles. The Balaban J connectivity index is 2.40. The Hall–Kier alpha value is -1.04. The highest BCUT2D eigenvalue weighted by molar-refractivity contribution is 5.80. The standard InChI is InChI=1S/C5H6N2O/c6-2-3-1-4(3)5(7)8/h3-4H,1H2,(H2,7,8)/t3-,4+/m0/s1. The molecule has 8 heavy (non-hydrogen) atoms. The topological polar surface area (TPSA) is 66.9 Å². The highest BCUT2D eigenvalue weighted by Gasteiger charge is 2.41. The number of nitrogens with zero attached hydrogens (tertiary/aromatic N) is 1. The molecule has 1 aliphatic carbocycles. The van der Waals surface area contributed by atoms with Crippen LogP contribution in [0.5, 0.6) is 0 Å². The lowest BCUT2D eigenvalue weighted by Crippen LogP contribution is -2.13. The van der Waals surface area contributed by atoms with Crippen molar-refractivity contribution in [3.63, 3.8) is 0 Å². The molecule has 0 heterocycles. The third-order valence-electron chi connectivity index (χ3n) is 1.32. The lowest BCUT2D eigenvalue weighted by atomic mass is 10.3. The predicted octanol–water partition coefficient (Wildman–Crippen LogP) is -0.369. The second-order valence-corrected chi connectivity index (χ2v) is 1.98. The van der Waals surface area contributed by atoms with Gasteiger partial charge in [0.15, 0.2) is 0 Å². The summed E-state index contributed by atoms with van der Waals surface area (Å²) < 4.78 is 0. The third kappa shape index (κ3) is 0.648. The first-order valence-corrected chi connectivity index (χ1v) is 2.44. The molecule has 1 aliphatic rings. The summed E-state index contributed by atoms with van der Waals surface area (Å²) in [4.78, 5) is 10.2. The largest absolute Gasteiger partial charge is 0.369 e. The Labute approximate surface area is 47.1 Å². The quantitative estimate of drug-likeness (QED) is 0.500. The number of rotatable bonds is 1. The summed E-state index contributed by atoms with van der Waals surface area (Å²) in [6.07, 6.45) is 0.672. The van der Waals surface area contributed by atoms with Crippen LogP contribution in [0.15, 0.2) is 0 Å². The molecular weight excluding hydrogens is 104 g/mol. The van der Waals surface area contributed by atoms with Crippen LogP contribution in [0.1, 0.15) is 6.42 Å². The number of carbonyl (C=O) groups is 1. The highest BCUT2D eigenvalue weighted by Crippen LogP contribution is 2.36. The molecule has 1 rings (SSSR count). The highest BCUT2D eigenvalue weighted by atomic mass is 16.1. The monoisotopic (exact) mass is 110 g/mol. The first-order valence-electron chi connectivity index (χ1n) is 2.44. The average Bonchev–Trinajstić information content (AvgIpc) is 2.42. The van der Waals surface area contributed by atoms with Gasteiger partial charge in [-0.1, -0.05) is 0 Å². The van der Waals surface area contributed by atoms with E-state index in [0.717, 1.165) is 0 Å². The number of hydrogen-bond acceptors (Lipinski definition) is 2. The summed E-state index contributed by atoms with van der Waals surface area (Å²) in [5.41, 5.74) is 4.87. The van der Waals surface area contributed by atoms with E-state index in [4.69, 9.17) is 11.0 Å². The van der Waals surface area contributed by atoms with Gasteiger partial charge in [-0.25, -0.2) is 0 Å². The molecule has 1 fully saturated rings. The first kappa shape index (κ1) is 5.10. The van der Waals surface area contributed by atoms with Crippen LogP contribution >= 0.6 is 0 Å². The summed E-state index contributed by atoms with van der Waals surface area (Å²) in [5, 5.41) is 8.17. The maximum Gasteiger partial charge on any atom is 0.221 e. The molecule has 0 spiro atoms. The van der Waals surface area contributed by atoms with Gasteiger partial charge in [0.05, 0.1) is 17.9 Å². The van der Waals surface area contributed by atoms with E-state index in [1.54, 1.807) is 0 Å². The average molecular weight is 110 g/mol. The molecule has 0 radical (unpaired) electrons. The number of carbonyl (C=O) groups excluding carboxylic acids is 1. The van der Waals surface area contributed by atoms with Crippen LogP contribution in [0.2, 0.25) is 0 Å². The van der Waals surface area contributed by atoms with E-state index in [1.807, 2.05) is 6.07 Å². The fourth-order valence-corrected chi connectivity index (χ4v) is 0.652. The van der Waals surface area contributed by atoms with Crippen molar-refractivity contribution in [1.82, 2.24) is 0 Å². The Morgan fingerprint density at radius 3 is 2.62 bits per heavy atom. The van der Waals surface area contributed by atoms with Crippen molar-refractivity contribution in [3.05, 3.63) is 0 Å². The normalized spacial score (nSPS) is 33.4. The summed E-state index contributed by atoms with van der Waals surface area (Å²) in [5.74, 6) is -0.552. The lowest BCUT2D eigenvalue weighted by molar-refractivity contribution is -0.119. The molecule has 42 valence electrons. The van der Waals surface area contributed by atoms with Gasteiger partial charge < -0.3 is 5.73 Å². The first-order chi connectivity index (χ1) is 3.75. The minimum absolute atomic E-state index is 0.0764. The van der Waals surface area contributed by atoms with Crippen LogP contribution in [0.4, 0.5) is 0 Å². The van der Waals surface area contributed by atoms with Crippen LogP contribution in [-0.4, -0.2) is 5.91 Å². The Morgan fingerprint density at radius 1 is 1.88 bits per heavy atom. The molecule has 3 heteroatoms. The van der Waals surface area contributed by atoms with Crippen LogP contribution in [-0.2, 0) is 4.79 Å². The van der Waals surface area contributed by atoms with Crippen molar-refractivity contribution in [2.24, 2.45) is 17.6 Å². The molecule has 1 saturated carbocycles. The van der Waals surface area contributed by atoms with E-state index in [0.29, 0.717) is 6.42 Å². The van der Waals surface area contributed by atoms with Crippen molar-refractivity contribution in [2.75, 3.05) is 0 Å². The summed E-state index contributed by atoms with van der Waals surface area (Å²) >= 11 is 0. The molecule has 0 aromatic heterocycles. The zero-order valence-electron chi connectivity index (χ0n) is 4.29. The van der Waals surface area contributed by atoms with E-state index < -0.39 is 0 Å². The smallest absolute Gasteiger partial charge is 0.221 e. The molecule has 0 bridgehead atoms. The number of amides is 1. The summed E-state index contributed by atoms with van der Waals surface area (Å²) in [6, 6.07) is 1.97. The second kappa shape index (κ2) is 1.48. The molecule has 2 N–H and O–H groups in total. The van der Waals surface area contributed by atoms with Crippen molar-refractivity contribution in [1.29, 1.82) is 5.26 Å². The van der Waals surface area contributed by atoms with Crippen LogP contribution < -0.4 is 5.73 Å². The zero-order valence-corrected chi connectivity index (χ0v) is 4.29. The minimum atomic E-state index is -0.337. The van der Waals surface area contributed by atoms with Gasteiger partial charge in [-0.2, -0.15) is 5.26 Å².